The fourth-order valence-electron chi connectivity index (χ4n) is 3.08. The molecule has 0 spiro atoms. The fourth-order valence-corrected chi connectivity index (χ4v) is 4.48. The van der Waals surface area contributed by atoms with Crippen LogP contribution in [-0.4, -0.2) is 39.4 Å². The minimum absolute atomic E-state index is 0.114. The van der Waals surface area contributed by atoms with Gasteiger partial charge in [-0.25, -0.2) is 17.2 Å². The van der Waals surface area contributed by atoms with Crippen molar-refractivity contribution in [3.63, 3.8) is 0 Å². The second-order valence-electron chi connectivity index (χ2n) is 6.95. The largest absolute Gasteiger partial charge is 0.493 e. The number of methoxy groups -OCH3 is 2. The first-order valence-corrected chi connectivity index (χ1v) is 11.2. The molecule has 174 valence electrons. The molecule has 0 aliphatic rings. The minimum atomic E-state index is -4.18. The Bertz CT molecular complexity index is 1240. The highest BCUT2D eigenvalue weighted by Gasteiger charge is 2.28. The van der Waals surface area contributed by atoms with E-state index in [0.717, 1.165) is 16.4 Å². The minimum Gasteiger partial charge on any atom is -0.493 e. The maximum atomic E-state index is 13.9. The van der Waals surface area contributed by atoms with E-state index in [0.29, 0.717) is 17.4 Å². The monoisotopic (exact) mass is 476 g/mol. The van der Waals surface area contributed by atoms with Crippen molar-refractivity contribution >= 4 is 21.6 Å². The number of nitrogens with zero attached hydrogens (tertiary/aromatic N) is 1. The van der Waals surface area contributed by atoms with Gasteiger partial charge in [0.05, 0.1) is 31.3 Å². The van der Waals surface area contributed by atoms with Gasteiger partial charge in [-0.2, -0.15) is 4.31 Å². The molecule has 0 heterocycles. The molecule has 33 heavy (non-hydrogen) atoms. The number of rotatable bonds is 9. The summed E-state index contributed by atoms with van der Waals surface area (Å²) in [5, 5.41) is 2.29. The zero-order chi connectivity index (χ0) is 24.0. The first-order chi connectivity index (χ1) is 15.7. The van der Waals surface area contributed by atoms with Gasteiger partial charge in [-0.15, -0.1) is 0 Å². The summed E-state index contributed by atoms with van der Waals surface area (Å²) in [6.07, 6.45) is 0. The van der Waals surface area contributed by atoms with E-state index in [4.69, 9.17) is 9.47 Å². The van der Waals surface area contributed by atoms with Gasteiger partial charge in [0.15, 0.2) is 11.5 Å². The average Bonchev–Trinajstić information content (AvgIpc) is 2.80. The lowest BCUT2D eigenvalue weighted by Crippen LogP contribution is -2.37. The predicted octanol–water partition coefficient (Wildman–Crippen LogP) is 3.81. The standard InChI is InChI=1S/C23H22F2N2O5S/c1-31-21-11-9-18(13-22(21)32-2)33(29,30)27(14-16-6-4-3-5-7-16)15-23(28)26-20-10-8-17(24)12-19(20)25/h3-13H,14-15H2,1-2H3,(H,26,28). The average molecular weight is 477 g/mol. The molecule has 3 rings (SSSR count). The lowest BCUT2D eigenvalue weighted by Gasteiger charge is -2.22. The van der Waals surface area contributed by atoms with E-state index < -0.39 is 34.1 Å². The van der Waals surface area contributed by atoms with Gasteiger partial charge < -0.3 is 14.8 Å². The number of ether oxygens (including phenoxy) is 2. The Hall–Kier alpha value is -3.50. The van der Waals surface area contributed by atoms with E-state index >= 15 is 0 Å². The molecule has 0 saturated carbocycles. The van der Waals surface area contributed by atoms with Crippen LogP contribution in [0.3, 0.4) is 0 Å². The summed E-state index contributed by atoms with van der Waals surface area (Å²) in [6, 6.07) is 15.4. The number of nitrogens with one attached hydrogen (secondary N) is 1. The van der Waals surface area contributed by atoms with Crippen molar-refractivity contribution in [1.82, 2.24) is 4.31 Å². The summed E-state index contributed by atoms with van der Waals surface area (Å²) in [6.45, 7) is -0.723. The Morgan fingerprint density at radius 1 is 0.939 bits per heavy atom. The quantitative estimate of drug-likeness (QED) is 0.508. The lowest BCUT2D eigenvalue weighted by atomic mass is 10.2. The highest BCUT2D eigenvalue weighted by molar-refractivity contribution is 7.89. The van der Waals surface area contributed by atoms with Crippen LogP contribution in [0, 0.1) is 11.6 Å². The molecule has 0 aliphatic heterocycles. The smallest absolute Gasteiger partial charge is 0.243 e. The molecule has 0 aliphatic carbocycles. The zero-order valence-electron chi connectivity index (χ0n) is 17.9. The Balaban J connectivity index is 1.92. The van der Waals surface area contributed by atoms with E-state index in [1.807, 2.05) is 0 Å². The molecule has 0 radical (unpaired) electrons. The Morgan fingerprint density at radius 3 is 2.27 bits per heavy atom. The van der Waals surface area contributed by atoms with Crippen molar-refractivity contribution in [2.75, 3.05) is 26.1 Å². The number of anilines is 1. The summed E-state index contributed by atoms with van der Waals surface area (Å²) in [5.41, 5.74) is 0.381. The molecule has 1 amide bonds. The number of carbonyl (C=O) groups is 1. The van der Waals surface area contributed by atoms with Crippen molar-refractivity contribution in [2.24, 2.45) is 0 Å². The number of hydrogen-bond acceptors (Lipinski definition) is 5. The summed E-state index contributed by atoms with van der Waals surface area (Å²) >= 11 is 0. The van der Waals surface area contributed by atoms with E-state index in [9.17, 15) is 22.0 Å². The lowest BCUT2D eigenvalue weighted by molar-refractivity contribution is -0.116. The normalized spacial score (nSPS) is 11.3. The van der Waals surface area contributed by atoms with Crippen LogP contribution >= 0.6 is 0 Å². The second kappa shape index (κ2) is 10.4. The topological polar surface area (TPSA) is 84.9 Å². The highest BCUT2D eigenvalue weighted by atomic mass is 32.2. The fraction of sp³-hybridized carbons (Fsp3) is 0.174. The number of halogens is 2. The van der Waals surface area contributed by atoms with Crippen LogP contribution in [0.25, 0.3) is 0 Å². The summed E-state index contributed by atoms with van der Waals surface area (Å²) in [5.74, 6) is -2.01. The van der Waals surface area contributed by atoms with Crippen LogP contribution in [0.4, 0.5) is 14.5 Å². The summed E-state index contributed by atoms with van der Waals surface area (Å²) in [4.78, 5) is 12.5. The molecule has 3 aromatic carbocycles. The number of sulfonamides is 1. The molecule has 0 bridgehead atoms. The molecule has 3 aromatic rings. The third-order valence-electron chi connectivity index (χ3n) is 4.72. The molecule has 7 nitrogen and oxygen atoms in total. The van der Waals surface area contributed by atoms with Crippen LogP contribution in [0.5, 0.6) is 11.5 Å². The molecule has 0 saturated heterocycles. The third-order valence-corrected chi connectivity index (χ3v) is 6.51. The van der Waals surface area contributed by atoms with Gasteiger partial charge in [0.1, 0.15) is 11.6 Å². The molecule has 10 heteroatoms. The van der Waals surface area contributed by atoms with Gasteiger partial charge in [0.25, 0.3) is 0 Å². The van der Waals surface area contributed by atoms with Crippen molar-refractivity contribution in [3.8, 4) is 11.5 Å². The Kier molecular flexibility index (Phi) is 7.62. The maximum absolute atomic E-state index is 13.9. The third kappa shape index (κ3) is 5.85. The molecule has 0 fully saturated rings. The SMILES string of the molecule is COc1ccc(S(=O)(=O)N(CC(=O)Nc2ccc(F)cc2F)Cc2ccccc2)cc1OC. The van der Waals surface area contributed by atoms with Crippen molar-refractivity contribution in [2.45, 2.75) is 11.4 Å². The van der Waals surface area contributed by atoms with Gasteiger partial charge in [0, 0.05) is 18.7 Å². The van der Waals surface area contributed by atoms with E-state index in [1.165, 1.54) is 32.4 Å². The molecular formula is C23H22F2N2O5S. The zero-order valence-corrected chi connectivity index (χ0v) is 18.7. The maximum Gasteiger partial charge on any atom is 0.243 e. The number of benzene rings is 3. The van der Waals surface area contributed by atoms with Gasteiger partial charge in [-0.1, -0.05) is 30.3 Å². The van der Waals surface area contributed by atoms with E-state index in [1.54, 1.807) is 30.3 Å². The molecule has 1 N–H and O–H groups in total. The number of hydrogen-bond donors (Lipinski definition) is 1. The second-order valence-corrected chi connectivity index (χ2v) is 8.89. The first kappa shape index (κ1) is 24.1. The summed E-state index contributed by atoms with van der Waals surface area (Å²) in [7, 11) is -1.38. The predicted molar refractivity (Wildman–Crippen MR) is 119 cm³/mol. The van der Waals surface area contributed by atoms with Gasteiger partial charge in [-0.3, -0.25) is 4.79 Å². The highest BCUT2D eigenvalue weighted by Crippen LogP contribution is 2.31. The van der Waals surface area contributed by atoms with Crippen LogP contribution in [0.2, 0.25) is 0 Å². The van der Waals surface area contributed by atoms with Crippen LogP contribution in [0.1, 0.15) is 5.56 Å². The van der Waals surface area contributed by atoms with E-state index in [-0.39, 0.29) is 22.9 Å². The van der Waals surface area contributed by atoms with Gasteiger partial charge >= 0.3 is 0 Å². The molecular weight excluding hydrogens is 454 g/mol. The van der Waals surface area contributed by atoms with Crippen molar-refractivity contribution < 1.29 is 31.5 Å². The van der Waals surface area contributed by atoms with E-state index in [2.05, 4.69) is 5.32 Å². The molecule has 0 unspecified atom stereocenters. The number of carbonyl (C=O) groups excluding carboxylic acids is 1. The van der Waals surface area contributed by atoms with Crippen LogP contribution in [-0.2, 0) is 21.4 Å². The Morgan fingerprint density at radius 2 is 1.64 bits per heavy atom. The van der Waals surface area contributed by atoms with Crippen LogP contribution < -0.4 is 14.8 Å². The van der Waals surface area contributed by atoms with Gasteiger partial charge in [-0.05, 0) is 29.8 Å². The molecule has 0 atom stereocenters. The first-order valence-electron chi connectivity index (χ1n) is 9.75. The van der Waals surface area contributed by atoms with Crippen molar-refractivity contribution in [3.05, 3.63) is 83.9 Å². The van der Waals surface area contributed by atoms with Gasteiger partial charge in [0.2, 0.25) is 15.9 Å². The van der Waals surface area contributed by atoms with Crippen LogP contribution in [0.15, 0.2) is 71.6 Å². The Labute approximate surface area is 190 Å². The summed E-state index contributed by atoms with van der Waals surface area (Å²) < 4.78 is 65.2. The number of amides is 1. The molecule has 0 aromatic heterocycles. The van der Waals surface area contributed by atoms with Crippen molar-refractivity contribution in [1.29, 1.82) is 0 Å².